The van der Waals surface area contributed by atoms with Gasteiger partial charge in [-0.25, -0.2) is 0 Å². The number of fused-ring (bicyclic) bond motifs is 9. The molecule has 0 fully saturated rings. The van der Waals surface area contributed by atoms with Crippen LogP contribution < -0.4 is 0 Å². The van der Waals surface area contributed by atoms with Crippen LogP contribution in [0.2, 0.25) is 0 Å². The SMILES string of the molecule is c1cc(-c2cccc3c2sc2ccccc23)cc(-c2cccc3c4ccccc4c4ccccc4c23)c1. The second-order valence-corrected chi connectivity index (χ2v) is 10.7. The van der Waals surface area contributed by atoms with Gasteiger partial charge in [-0.15, -0.1) is 11.3 Å². The third kappa shape index (κ3) is 3.08. The van der Waals surface area contributed by atoms with Crippen LogP contribution in [0.4, 0.5) is 0 Å². The van der Waals surface area contributed by atoms with Crippen molar-refractivity contribution >= 4 is 63.8 Å². The molecule has 0 amide bonds. The Morgan fingerprint density at radius 3 is 1.57 bits per heavy atom. The lowest BCUT2D eigenvalue weighted by molar-refractivity contribution is 1.64. The van der Waals surface area contributed by atoms with Crippen molar-refractivity contribution in [3.63, 3.8) is 0 Å². The number of rotatable bonds is 2. The summed E-state index contributed by atoms with van der Waals surface area (Å²) in [6.45, 7) is 0. The van der Waals surface area contributed by atoms with Crippen LogP contribution in [0.5, 0.6) is 0 Å². The molecule has 172 valence electrons. The van der Waals surface area contributed by atoms with Crippen molar-refractivity contribution in [2.45, 2.75) is 0 Å². The summed E-state index contributed by atoms with van der Waals surface area (Å²) in [5, 5.41) is 10.6. The van der Waals surface area contributed by atoms with Crippen LogP contribution in [0.15, 0.2) is 133 Å². The third-order valence-electron chi connectivity index (χ3n) is 7.66. The summed E-state index contributed by atoms with van der Waals surface area (Å²) in [6, 6.07) is 48.9. The monoisotopic (exact) mass is 486 g/mol. The average Bonchev–Trinajstić information content (AvgIpc) is 3.36. The fourth-order valence-electron chi connectivity index (χ4n) is 6.03. The van der Waals surface area contributed by atoms with Crippen molar-refractivity contribution in [3.05, 3.63) is 133 Å². The van der Waals surface area contributed by atoms with E-state index >= 15 is 0 Å². The molecule has 8 aromatic rings. The first kappa shape index (κ1) is 20.7. The van der Waals surface area contributed by atoms with Crippen LogP contribution in [0.25, 0.3) is 74.7 Å². The molecule has 8 rings (SSSR count). The standard InChI is InChI=1S/C36H22S/c1-2-13-29-27(12-1)28-14-3-4-16-31(28)35-25(17-8-19-32(29)35)23-10-7-11-24(22-23)26-18-9-20-33-30-15-5-6-21-34(30)37-36(26)33/h1-22H. The summed E-state index contributed by atoms with van der Waals surface area (Å²) in [5.74, 6) is 0. The smallest absolute Gasteiger partial charge is 0.0433 e. The van der Waals surface area contributed by atoms with Crippen molar-refractivity contribution in [1.82, 2.24) is 0 Å². The van der Waals surface area contributed by atoms with Gasteiger partial charge < -0.3 is 0 Å². The van der Waals surface area contributed by atoms with Crippen LogP contribution in [-0.2, 0) is 0 Å². The molecule has 0 saturated carbocycles. The normalized spacial score (nSPS) is 11.8. The zero-order valence-electron chi connectivity index (χ0n) is 20.1. The van der Waals surface area contributed by atoms with Crippen LogP contribution >= 0.6 is 11.3 Å². The maximum Gasteiger partial charge on any atom is 0.0433 e. The molecule has 0 atom stereocenters. The molecule has 0 aliphatic carbocycles. The van der Waals surface area contributed by atoms with Gasteiger partial charge in [0.05, 0.1) is 0 Å². The number of hydrogen-bond donors (Lipinski definition) is 0. The van der Waals surface area contributed by atoms with Gasteiger partial charge in [-0.05, 0) is 66.7 Å². The fourth-order valence-corrected chi connectivity index (χ4v) is 7.26. The summed E-state index contributed by atoms with van der Waals surface area (Å²) in [7, 11) is 0. The van der Waals surface area contributed by atoms with E-state index in [2.05, 4.69) is 133 Å². The second-order valence-electron chi connectivity index (χ2n) is 9.68. The zero-order chi connectivity index (χ0) is 24.3. The zero-order valence-corrected chi connectivity index (χ0v) is 20.9. The van der Waals surface area contributed by atoms with Gasteiger partial charge in [0.1, 0.15) is 0 Å². The minimum absolute atomic E-state index is 1.25. The maximum absolute atomic E-state index is 2.37. The largest absolute Gasteiger partial charge is 0.135 e. The summed E-state index contributed by atoms with van der Waals surface area (Å²) < 4.78 is 2.70. The minimum Gasteiger partial charge on any atom is -0.135 e. The molecule has 0 spiro atoms. The number of benzene rings is 7. The van der Waals surface area contributed by atoms with Gasteiger partial charge in [0.25, 0.3) is 0 Å². The van der Waals surface area contributed by atoms with E-state index in [0.29, 0.717) is 0 Å². The Morgan fingerprint density at radius 2 is 0.838 bits per heavy atom. The molecule has 0 saturated heterocycles. The molecule has 1 heteroatoms. The molecule has 1 heterocycles. The Hall–Kier alpha value is -4.46. The highest BCUT2D eigenvalue weighted by Crippen LogP contribution is 2.43. The Balaban J connectivity index is 1.42. The van der Waals surface area contributed by atoms with E-state index in [1.165, 1.54) is 74.7 Å². The molecular formula is C36H22S. The average molecular weight is 487 g/mol. The van der Waals surface area contributed by atoms with Gasteiger partial charge in [0, 0.05) is 20.2 Å². The van der Waals surface area contributed by atoms with Crippen molar-refractivity contribution < 1.29 is 0 Å². The summed E-state index contributed by atoms with van der Waals surface area (Å²) in [6.07, 6.45) is 0. The summed E-state index contributed by atoms with van der Waals surface area (Å²) >= 11 is 1.89. The Morgan fingerprint density at radius 1 is 0.351 bits per heavy atom. The number of hydrogen-bond acceptors (Lipinski definition) is 1. The van der Waals surface area contributed by atoms with Gasteiger partial charge in [0.15, 0.2) is 0 Å². The highest BCUT2D eigenvalue weighted by molar-refractivity contribution is 7.26. The van der Waals surface area contributed by atoms with E-state index in [1.54, 1.807) is 0 Å². The van der Waals surface area contributed by atoms with Crippen molar-refractivity contribution in [2.75, 3.05) is 0 Å². The Labute approximate surface area is 219 Å². The Kier molecular flexibility index (Phi) is 4.49. The summed E-state index contributed by atoms with van der Waals surface area (Å²) in [4.78, 5) is 0. The van der Waals surface area contributed by atoms with Crippen molar-refractivity contribution in [3.8, 4) is 22.3 Å². The molecule has 37 heavy (non-hydrogen) atoms. The van der Waals surface area contributed by atoms with Gasteiger partial charge in [-0.3, -0.25) is 0 Å². The lowest BCUT2D eigenvalue weighted by Gasteiger charge is -2.15. The van der Waals surface area contributed by atoms with Crippen LogP contribution in [0, 0.1) is 0 Å². The van der Waals surface area contributed by atoms with Gasteiger partial charge in [-0.1, -0.05) is 121 Å². The lowest BCUT2D eigenvalue weighted by Crippen LogP contribution is -1.88. The van der Waals surface area contributed by atoms with Gasteiger partial charge in [0.2, 0.25) is 0 Å². The van der Waals surface area contributed by atoms with E-state index < -0.39 is 0 Å². The molecular weight excluding hydrogens is 464 g/mol. The fraction of sp³-hybridized carbons (Fsp3) is 0. The highest BCUT2D eigenvalue weighted by Gasteiger charge is 2.14. The Bertz CT molecular complexity index is 2100. The lowest BCUT2D eigenvalue weighted by atomic mass is 9.89. The topological polar surface area (TPSA) is 0 Å². The molecule has 0 bridgehead atoms. The van der Waals surface area contributed by atoms with Crippen LogP contribution in [0.3, 0.4) is 0 Å². The predicted molar refractivity (Wildman–Crippen MR) is 163 cm³/mol. The first-order chi connectivity index (χ1) is 18.4. The third-order valence-corrected chi connectivity index (χ3v) is 8.88. The molecule has 1 aromatic heterocycles. The molecule has 0 nitrogen and oxygen atoms in total. The molecule has 0 N–H and O–H groups in total. The molecule has 0 aliphatic rings. The first-order valence-electron chi connectivity index (χ1n) is 12.7. The number of thiophene rings is 1. The maximum atomic E-state index is 2.37. The van der Waals surface area contributed by atoms with Gasteiger partial charge >= 0.3 is 0 Å². The van der Waals surface area contributed by atoms with Crippen LogP contribution in [0.1, 0.15) is 0 Å². The predicted octanol–water partition coefficient (Wildman–Crippen LogP) is 10.8. The van der Waals surface area contributed by atoms with Crippen LogP contribution in [-0.4, -0.2) is 0 Å². The molecule has 0 unspecified atom stereocenters. The first-order valence-corrected chi connectivity index (χ1v) is 13.5. The molecule has 0 aliphatic heterocycles. The van der Waals surface area contributed by atoms with E-state index in [4.69, 9.17) is 0 Å². The van der Waals surface area contributed by atoms with E-state index in [9.17, 15) is 0 Å². The summed E-state index contributed by atoms with van der Waals surface area (Å²) in [5.41, 5.74) is 5.10. The highest BCUT2D eigenvalue weighted by atomic mass is 32.1. The second kappa shape index (κ2) is 8.03. The quantitative estimate of drug-likeness (QED) is 0.213. The van der Waals surface area contributed by atoms with E-state index in [-0.39, 0.29) is 0 Å². The molecule has 7 aromatic carbocycles. The minimum atomic E-state index is 1.25. The van der Waals surface area contributed by atoms with E-state index in [0.717, 1.165) is 0 Å². The van der Waals surface area contributed by atoms with E-state index in [1.807, 2.05) is 11.3 Å². The molecule has 0 radical (unpaired) electrons. The van der Waals surface area contributed by atoms with Crippen molar-refractivity contribution in [2.24, 2.45) is 0 Å². The van der Waals surface area contributed by atoms with Gasteiger partial charge in [-0.2, -0.15) is 0 Å². The van der Waals surface area contributed by atoms with Crippen molar-refractivity contribution in [1.29, 1.82) is 0 Å².